The van der Waals surface area contributed by atoms with Crippen molar-refractivity contribution >= 4 is 17.4 Å². The second-order valence-electron chi connectivity index (χ2n) is 5.61. The van der Waals surface area contributed by atoms with Gasteiger partial charge in [0.25, 0.3) is 5.60 Å². The second-order valence-corrected chi connectivity index (χ2v) is 5.61. The van der Waals surface area contributed by atoms with Gasteiger partial charge in [0.05, 0.1) is 0 Å². The third-order valence-corrected chi connectivity index (χ3v) is 3.82. The number of hydrogen-bond acceptors (Lipinski definition) is 2. The van der Waals surface area contributed by atoms with Gasteiger partial charge in [-0.05, 0) is 24.3 Å². The fourth-order valence-corrected chi connectivity index (χ4v) is 2.26. The van der Waals surface area contributed by atoms with Crippen molar-refractivity contribution in [2.75, 3.05) is 17.3 Å². The molecule has 2 amide bonds. The van der Waals surface area contributed by atoms with Crippen LogP contribution in [-0.2, 0) is 5.60 Å². The fraction of sp³-hybridized carbons (Fsp3) is 0.235. The van der Waals surface area contributed by atoms with E-state index in [1.807, 2.05) is 0 Å². The lowest BCUT2D eigenvalue weighted by atomic mass is 9.92. The molecule has 2 N–H and O–H groups in total. The minimum absolute atomic E-state index is 0.0267. The van der Waals surface area contributed by atoms with E-state index in [-0.39, 0.29) is 5.69 Å². The first-order valence-electron chi connectivity index (χ1n) is 7.44. The highest BCUT2D eigenvalue weighted by molar-refractivity contribution is 6.01. The topological polar surface area (TPSA) is 52.6 Å². The first-order valence-corrected chi connectivity index (χ1v) is 7.44. The van der Waals surface area contributed by atoms with Crippen LogP contribution in [0.15, 0.2) is 54.6 Å². The molecule has 146 valence electrons. The molecule has 0 saturated carbocycles. The molecule has 0 aliphatic carbocycles. The first-order chi connectivity index (χ1) is 12.4. The van der Waals surface area contributed by atoms with E-state index in [1.54, 1.807) is 30.3 Å². The number of anilines is 2. The van der Waals surface area contributed by atoms with Crippen LogP contribution in [0, 0.1) is 0 Å². The molecular weight excluding hydrogens is 378 g/mol. The standard InChI is InChI=1S/C17H14F6N2O2/c1-25(14(26)24-12-5-3-2-4-6-12)13-9-7-11(8-10-13)15(27,16(18,19)20)17(21,22)23/h2-10,27H,1H3,(H,24,26). The number of amides is 2. The van der Waals surface area contributed by atoms with Crippen molar-refractivity contribution in [3.63, 3.8) is 0 Å². The summed E-state index contributed by atoms with van der Waals surface area (Å²) in [6.45, 7) is 0. The zero-order chi connectivity index (χ0) is 20.5. The Kier molecular flexibility index (Phi) is 5.41. The highest BCUT2D eigenvalue weighted by Gasteiger charge is 2.71. The zero-order valence-corrected chi connectivity index (χ0v) is 13.8. The van der Waals surface area contributed by atoms with Crippen LogP contribution in [0.25, 0.3) is 0 Å². The third kappa shape index (κ3) is 4.00. The van der Waals surface area contributed by atoms with Gasteiger partial charge in [-0.1, -0.05) is 30.3 Å². The van der Waals surface area contributed by atoms with Crippen molar-refractivity contribution in [3.8, 4) is 0 Å². The molecule has 0 aliphatic heterocycles. The summed E-state index contributed by atoms with van der Waals surface area (Å²) in [6, 6.07) is 10.3. The number of nitrogens with one attached hydrogen (secondary N) is 1. The number of hydrogen-bond donors (Lipinski definition) is 2. The molecule has 10 heteroatoms. The zero-order valence-electron chi connectivity index (χ0n) is 13.8. The summed E-state index contributed by atoms with van der Waals surface area (Å²) in [4.78, 5) is 13.1. The monoisotopic (exact) mass is 392 g/mol. The van der Waals surface area contributed by atoms with Gasteiger partial charge in [-0.25, -0.2) is 4.79 Å². The highest BCUT2D eigenvalue weighted by Crippen LogP contribution is 2.50. The Hall–Kier alpha value is -2.75. The van der Waals surface area contributed by atoms with Crippen LogP contribution in [0.3, 0.4) is 0 Å². The summed E-state index contributed by atoms with van der Waals surface area (Å²) < 4.78 is 77.2. The number of halogens is 6. The summed E-state index contributed by atoms with van der Waals surface area (Å²) in [6.07, 6.45) is -11.9. The van der Waals surface area contributed by atoms with Gasteiger partial charge in [-0.3, -0.25) is 4.90 Å². The lowest BCUT2D eigenvalue weighted by Crippen LogP contribution is -2.53. The summed E-state index contributed by atoms with van der Waals surface area (Å²) in [7, 11) is 1.28. The van der Waals surface area contributed by atoms with Crippen molar-refractivity contribution in [1.82, 2.24) is 0 Å². The summed E-state index contributed by atoms with van der Waals surface area (Å²) >= 11 is 0. The normalized spacial score (nSPS) is 12.6. The van der Waals surface area contributed by atoms with E-state index in [4.69, 9.17) is 0 Å². The predicted octanol–water partition coefficient (Wildman–Crippen LogP) is 4.67. The molecule has 0 aromatic heterocycles. The van der Waals surface area contributed by atoms with Crippen LogP contribution < -0.4 is 10.2 Å². The van der Waals surface area contributed by atoms with Crippen molar-refractivity contribution in [2.45, 2.75) is 18.0 Å². The van der Waals surface area contributed by atoms with E-state index >= 15 is 0 Å². The van der Waals surface area contributed by atoms with E-state index in [1.165, 1.54) is 7.05 Å². The first kappa shape index (κ1) is 20.6. The number of carbonyl (C=O) groups is 1. The molecule has 0 spiro atoms. The molecule has 0 aliphatic rings. The summed E-state index contributed by atoms with van der Waals surface area (Å²) in [5.74, 6) is 0. The quantitative estimate of drug-likeness (QED) is 0.746. The molecule has 4 nitrogen and oxygen atoms in total. The minimum atomic E-state index is -5.97. The smallest absolute Gasteiger partial charge is 0.369 e. The van der Waals surface area contributed by atoms with Crippen LogP contribution in [0.1, 0.15) is 5.56 Å². The number of benzene rings is 2. The van der Waals surface area contributed by atoms with Gasteiger partial charge in [-0.15, -0.1) is 0 Å². The van der Waals surface area contributed by atoms with E-state index in [0.29, 0.717) is 17.8 Å². The second kappa shape index (κ2) is 7.10. The SMILES string of the molecule is CN(C(=O)Nc1ccccc1)c1ccc(C(O)(C(F)(F)F)C(F)(F)F)cc1. The van der Waals surface area contributed by atoms with Crippen LogP contribution in [0.2, 0.25) is 0 Å². The summed E-state index contributed by atoms with van der Waals surface area (Å²) in [5.41, 5.74) is -5.93. The average molecular weight is 392 g/mol. The Bertz CT molecular complexity index is 774. The number of alkyl halides is 6. The molecule has 27 heavy (non-hydrogen) atoms. The van der Waals surface area contributed by atoms with Gasteiger partial charge in [0, 0.05) is 24.0 Å². The van der Waals surface area contributed by atoms with Crippen molar-refractivity contribution in [3.05, 3.63) is 60.2 Å². The Morgan fingerprint density at radius 3 is 1.81 bits per heavy atom. The maximum absolute atomic E-state index is 12.9. The molecule has 2 aromatic carbocycles. The van der Waals surface area contributed by atoms with Gasteiger partial charge >= 0.3 is 18.4 Å². The predicted molar refractivity (Wildman–Crippen MR) is 86.3 cm³/mol. The van der Waals surface area contributed by atoms with E-state index in [0.717, 1.165) is 17.0 Å². The number of nitrogens with zero attached hydrogens (tertiary/aromatic N) is 1. The molecule has 0 unspecified atom stereocenters. The molecule has 0 fully saturated rings. The fourth-order valence-electron chi connectivity index (χ4n) is 2.26. The van der Waals surface area contributed by atoms with E-state index < -0.39 is 29.5 Å². The molecule has 0 bridgehead atoms. The molecular formula is C17H14F6N2O2. The van der Waals surface area contributed by atoms with Gasteiger partial charge in [0.15, 0.2) is 0 Å². The highest BCUT2D eigenvalue weighted by atomic mass is 19.4. The number of aliphatic hydroxyl groups is 1. The van der Waals surface area contributed by atoms with E-state index in [2.05, 4.69) is 5.32 Å². The van der Waals surface area contributed by atoms with Crippen LogP contribution in [0.4, 0.5) is 42.5 Å². The van der Waals surface area contributed by atoms with Gasteiger partial charge in [0.2, 0.25) is 0 Å². The number of rotatable bonds is 3. The lowest BCUT2D eigenvalue weighted by Gasteiger charge is -2.32. The van der Waals surface area contributed by atoms with Crippen LogP contribution >= 0.6 is 0 Å². The summed E-state index contributed by atoms with van der Waals surface area (Å²) in [5, 5.41) is 11.9. The van der Waals surface area contributed by atoms with Crippen molar-refractivity contribution in [1.29, 1.82) is 0 Å². The molecule has 0 radical (unpaired) electrons. The maximum atomic E-state index is 12.9. The molecule has 2 aromatic rings. The van der Waals surface area contributed by atoms with Gasteiger partial charge in [-0.2, -0.15) is 26.3 Å². The molecule has 0 atom stereocenters. The van der Waals surface area contributed by atoms with Gasteiger partial charge in [0.1, 0.15) is 0 Å². The van der Waals surface area contributed by atoms with Crippen molar-refractivity contribution in [2.24, 2.45) is 0 Å². The number of urea groups is 1. The largest absolute Gasteiger partial charge is 0.430 e. The Labute approximate surface area is 150 Å². The molecule has 2 rings (SSSR count). The van der Waals surface area contributed by atoms with Gasteiger partial charge < -0.3 is 10.4 Å². The third-order valence-electron chi connectivity index (χ3n) is 3.82. The maximum Gasteiger partial charge on any atom is 0.430 e. The lowest BCUT2D eigenvalue weighted by molar-refractivity contribution is -0.376. The Morgan fingerprint density at radius 2 is 1.37 bits per heavy atom. The van der Waals surface area contributed by atoms with Crippen LogP contribution in [-0.4, -0.2) is 30.5 Å². The Balaban J connectivity index is 2.27. The number of para-hydroxylation sites is 1. The minimum Gasteiger partial charge on any atom is -0.369 e. The van der Waals surface area contributed by atoms with Crippen molar-refractivity contribution < 1.29 is 36.2 Å². The average Bonchev–Trinajstić information content (AvgIpc) is 2.59. The molecule has 0 saturated heterocycles. The Morgan fingerprint density at radius 1 is 0.889 bits per heavy atom. The van der Waals surface area contributed by atoms with Crippen LogP contribution in [0.5, 0.6) is 0 Å². The number of carbonyl (C=O) groups excluding carboxylic acids is 1. The molecule has 0 heterocycles. The van der Waals surface area contributed by atoms with E-state index in [9.17, 15) is 36.2 Å².